The molecule has 1 aliphatic rings. The summed E-state index contributed by atoms with van der Waals surface area (Å²) in [5, 5.41) is 1.46. The second kappa shape index (κ2) is 6.11. The van der Waals surface area contributed by atoms with Crippen LogP contribution in [0.15, 0.2) is 0 Å². The maximum Gasteiger partial charge on any atom is 0.491 e. The summed E-state index contributed by atoms with van der Waals surface area (Å²) in [5.41, 5.74) is 2.49. The lowest BCUT2D eigenvalue weighted by atomic mass is 10.1. The highest BCUT2D eigenvalue weighted by atomic mass is 19.4. The van der Waals surface area contributed by atoms with Gasteiger partial charge in [-0.3, -0.25) is 9.59 Å². The van der Waals surface area contributed by atoms with E-state index < -0.39 is 30.7 Å². The fraction of sp³-hybridized carbons (Fsp3) is 0.700. The van der Waals surface area contributed by atoms with Gasteiger partial charge in [-0.25, -0.2) is 15.2 Å². The zero-order chi connectivity index (χ0) is 14.6. The number of Topliss-reactive ketones (excluding diaryl/α,β-unsaturated/α-hetero) is 1. The fourth-order valence-electron chi connectivity index (χ4n) is 1.74. The van der Waals surface area contributed by atoms with E-state index in [1.54, 1.807) is 0 Å². The van der Waals surface area contributed by atoms with Crippen molar-refractivity contribution < 1.29 is 32.3 Å². The number of rotatable bonds is 4. The van der Waals surface area contributed by atoms with Gasteiger partial charge in [-0.05, 0) is 19.8 Å². The number of halogens is 3. The van der Waals surface area contributed by atoms with Crippen molar-refractivity contribution in [2.45, 2.75) is 32.0 Å². The minimum absolute atomic E-state index is 0.107. The molecule has 19 heavy (non-hydrogen) atoms. The van der Waals surface area contributed by atoms with Gasteiger partial charge in [0.05, 0.1) is 6.04 Å². The standard InChI is InChI=1S/C10H13F3N2O4/c1-6(16)7-3-2-4-15(7)14-5-8(17)19-9(18)10(11,12)13/h7,14H,2-5H2,1H3/t7-/m0/s1. The normalized spacial score (nSPS) is 20.3. The molecule has 1 fully saturated rings. The minimum Gasteiger partial charge on any atom is -0.385 e. The molecule has 0 amide bonds. The van der Waals surface area contributed by atoms with Crippen molar-refractivity contribution in [2.75, 3.05) is 13.1 Å². The Morgan fingerprint density at radius 1 is 1.37 bits per heavy atom. The lowest BCUT2D eigenvalue weighted by Gasteiger charge is -2.22. The molecule has 108 valence electrons. The Kier molecular flexibility index (Phi) is 5.01. The molecule has 0 spiro atoms. The molecular weight excluding hydrogens is 269 g/mol. The molecule has 1 rings (SSSR count). The molecule has 0 aromatic carbocycles. The Bertz CT molecular complexity index is 383. The Balaban J connectivity index is 2.38. The first-order valence-electron chi connectivity index (χ1n) is 5.54. The molecule has 0 aromatic heterocycles. The molecule has 1 N–H and O–H groups in total. The Labute approximate surface area is 106 Å². The van der Waals surface area contributed by atoms with E-state index in [4.69, 9.17) is 0 Å². The third kappa shape index (κ3) is 4.60. The van der Waals surface area contributed by atoms with E-state index in [1.807, 2.05) is 0 Å². The molecule has 0 aromatic rings. The van der Waals surface area contributed by atoms with Gasteiger partial charge in [0.1, 0.15) is 12.3 Å². The van der Waals surface area contributed by atoms with Gasteiger partial charge >= 0.3 is 18.1 Å². The molecule has 0 unspecified atom stereocenters. The van der Waals surface area contributed by atoms with Crippen LogP contribution in [-0.2, 0) is 19.1 Å². The van der Waals surface area contributed by atoms with Gasteiger partial charge in [0.15, 0.2) is 0 Å². The molecule has 6 nitrogen and oxygen atoms in total. The van der Waals surface area contributed by atoms with Crippen molar-refractivity contribution in [2.24, 2.45) is 0 Å². The van der Waals surface area contributed by atoms with Crippen LogP contribution in [0.4, 0.5) is 13.2 Å². The summed E-state index contributed by atoms with van der Waals surface area (Å²) >= 11 is 0. The van der Waals surface area contributed by atoms with Crippen molar-refractivity contribution in [1.29, 1.82) is 0 Å². The van der Waals surface area contributed by atoms with Gasteiger partial charge in [-0.2, -0.15) is 13.2 Å². The van der Waals surface area contributed by atoms with Crippen LogP contribution in [0, 0.1) is 0 Å². The highest BCUT2D eigenvalue weighted by Gasteiger charge is 2.42. The maximum atomic E-state index is 11.8. The number of ether oxygens (including phenoxy) is 1. The second-order valence-electron chi connectivity index (χ2n) is 4.06. The average Bonchev–Trinajstić information content (AvgIpc) is 2.73. The van der Waals surface area contributed by atoms with Crippen molar-refractivity contribution in [3.8, 4) is 0 Å². The fourth-order valence-corrected chi connectivity index (χ4v) is 1.74. The van der Waals surface area contributed by atoms with Crippen LogP contribution >= 0.6 is 0 Å². The molecule has 0 aliphatic carbocycles. The highest BCUT2D eigenvalue weighted by molar-refractivity contribution is 5.89. The molecular formula is C10H13F3N2O4. The number of esters is 2. The highest BCUT2D eigenvalue weighted by Crippen LogP contribution is 2.17. The SMILES string of the molecule is CC(=O)[C@@H]1CCCN1NCC(=O)OC(=O)C(F)(F)F. The molecule has 0 bridgehead atoms. The maximum absolute atomic E-state index is 11.8. The Hall–Kier alpha value is -1.48. The van der Waals surface area contributed by atoms with Crippen LogP contribution in [0.25, 0.3) is 0 Å². The van der Waals surface area contributed by atoms with Gasteiger partial charge in [0, 0.05) is 6.54 Å². The molecule has 1 heterocycles. The second-order valence-corrected chi connectivity index (χ2v) is 4.06. The van der Waals surface area contributed by atoms with E-state index in [1.165, 1.54) is 11.9 Å². The third-order valence-corrected chi connectivity index (χ3v) is 2.59. The van der Waals surface area contributed by atoms with Crippen LogP contribution in [0.3, 0.4) is 0 Å². The van der Waals surface area contributed by atoms with Crippen LogP contribution in [0.5, 0.6) is 0 Å². The van der Waals surface area contributed by atoms with Crippen LogP contribution in [-0.4, -0.2) is 48.0 Å². The summed E-state index contributed by atoms with van der Waals surface area (Å²) in [6.07, 6.45) is -3.86. The Morgan fingerprint density at radius 2 is 2.00 bits per heavy atom. The van der Waals surface area contributed by atoms with Gasteiger partial charge in [-0.1, -0.05) is 0 Å². The van der Waals surface area contributed by atoms with E-state index in [0.717, 1.165) is 6.42 Å². The predicted molar refractivity (Wildman–Crippen MR) is 55.6 cm³/mol. The summed E-state index contributed by atoms with van der Waals surface area (Å²) < 4.78 is 39.0. The lowest BCUT2D eigenvalue weighted by molar-refractivity contribution is -0.201. The van der Waals surface area contributed by atoms with E-state index in [2.05, 4.69) is 10.2 Å². The van der Waals surface area contributed by atoms with Gasteiger partial charge < -0.3 is 4.74 Å². The van der Waals surface area contributed by atoms with Crippen LogP contribution in [0.1, 0.15) is 19.8 Å². The average molecular weight is 282 g/mol. The van der Waals surface area contributed by atoms with Crippen LogP contribution < -0.4 is 5.43 Å². The number of hydrogen-bond acceptors (Lipinski definition) is 6. The van der Waals surface area contributed by atoms with E-state index in [9.17, 15) is 27.6 Å². The summed E-state index contributed by atoms with van der Waals surface area (Å²) in [5.74, 6) is -4.01. The number of nitrogens with zero attached hydrogens (tertiary/aromatic N) is 1. The molecule has 0 radical (unpaired) electrons. The molecule has 0 saturated carbocycles. The van der Waals surface area contributed by atoms with E-state index in [0.29, 0.717) is 13.0 Å². The van der Waals surface area contributed by atoms with Crippen molar-refractivity contribution >= 4 is 17.7 Å². The quantitative estimate of drug-likeness (QED) is 0.585. The number of nitrogens with one attached hydrogen (secondary N) is 1. The van der Waals surface area contributed by atoms with Crippen LogP contribution in [0.2, 0.25) is 0 Å². The van der Waals surface area contributed by atoms with E-state index in [-0.39, 0.29) is 5.78 Å². The largest absolute Gasteiger partial charge is 0.491 e. The zero-order valence-corrected chi connectivity index (χ0v) is 10.1. The van der Waals surface area contributed by atoms with Crippen molar-refractivity contribution in [3.05, 3.63) is 0 Å². The summed E-state index contributed by atoms with van der Waals surface area (Å²) in [6, 6.07) is -0.411. The van der Waals surface area contributed by atoms with Gasteiger partial charge in [0.2, 0.25) is 0 Å². The smallest absolute Gasteiger partial charge is 0.385 e. The van der Waals surface area contributed by atoms with Gasteiger partial charge in [0.25, 0.3) is 0 Å². The first-order chi connectivity index (χ1) is 8.71. The monoisotopic (exact) mass is 282 g/mol. The van der Waals surface area contributed by atoms with E-state index >= 15 is 0 Å². The number of hydrazine groups is 1. The first kappa shape index (κ1) is 15.6. The van der Waals surface area contributed by atoms with Gasteiger partial charge in [-0.15, -0.1) is 0 Å². The molecule has 1 aliphatic heterocycles. The summed E-state index contributed by atoms with van der Waals surface area (Å²) in [4.78, 5) is 32.6. The molecule has 9 heteroatoms. The van der Waals surface area contributed by atoms with Crippen molar-refractivity contribution in [1.82, 2.24) is 10.4 Å². The first-order valence-corrected chi connectivity index (χ1v) is 5.54. The zero-order valence-electron chi connectivity index (χ0n) is 10.1. The summed E-state index contributed by atoms with van der Waals surface area (Å²) in [6.45, 7) is 1.27. The predicted octanol–water partition coefficient (Wildman–Crippen LogP) is 0.176. The topological polar surface area (TPSA) is 75.7 Å². The number of carbonyl (C=O) groups excluding carboxylic acids is 3. The number of hydrogen-bond donors (Lipinski definition) is 1. The third-order valence-electron chi connectivity index (χ3n) is 2.59. The minimum atomic E-state index is -5.20. The Morgan fingerprint density at radius 3 is 2.53 bits per heavy atom. The molecule has 1 saturated heterocycles. The number of alkyl halides is 3. The molecule has 1 atom stereocenters. The number of carbonyl (C=O) groups is 3. The van der Waals surface area contributed by atoms with Crippen molar-refractivity contribution in [3.63, 3.8) is 0 Å². The lowest BCUT2D eigenvalue weighted by Crippen LogP contribution is -2.47. The summed E-state index contributed by atoms with van der Waals surface area (Å²) in [7, 11) is 0. The number of ketones is 1.